The molecule has 0 aliphatic heterocycles. The smallest absolute Gasteiger partial charge is 0.326 e. The maximum absolute atomic E-state index is 11.6. The second kappa shape index (κ2) is 7.20. The number of nitro benzene ring substituents is 1. The number of benzene rings is 1. The van der Waals surface area contributed by atoms with Crippen LogP contribution in [0.5, 0.6) is 0 Å². The van der Waals surface area contributed by atoms with Crippen LogP contribution in [0, 0.1) is 17.0 Å². The molecule has 9 heteroatoms. The van der Waals surface area contributed by atoms with Crippen molar-refractivity contribution in [1.29, 1.82) is 0 Å². The van der Waals surface area contributed by atoms with Gasteiger partial charge in [0, 0.05) is 30.3 Å². The molecular formula is C12H15N3O6. The van der Waals surface area contributed by atoms with Gasteiger partial charge in [-0.2, -0.15) is 0 Å². The molecule has 0 spiro atoms. The Bertz CT molecular complexity index is 560. The highest BCUT2D eigenvalue weighted by Crippen LogP contribution is 2.21. The minimum absolute atomic E-state index is 0.0790. The van der Waals surface area contributed by atoms with E-state index in [1.165, 1.54) is 25.1 Å². The average Bonchev–Trinajstić information content (AvgIpc) is 2.37. The lowest BCUT2D eigenvalue weighted by Gasteiger charge is -2.14. The fourth-order valence-corrected chi connectivity index (χ4v) is 1.65. The van der Waals surface area contributed by atoms with Crippen molar-refractivity contribution < 1.29 is 24.7 Å². The summed E-state index contributed by atoms with van der Waals surface area (Å²) in [6.07, 6.45) is -0.123. The van der Waals surface area contributed by atoms with E-state index in [1.807, 2.05) is 0 Å². The average molecular weight is 297 g/mol. The number of nitrogens with one attached hydrogen (secondary N) is 2. The van der Waals surface area contributed by atoms with Crippen LogP contribution in [0.4, 0.5) is 16.2 Å². The van der Waals surface area contributed by atoms with Crippen LogP contribution in [0.3, 0.4) is 0 Å². The number of aliphatic carboxylic acids is 1. The van der Waals surface area contributed by atoms with Crippen molar-refractivity contribution in [3.63, 3.8) is 0 Å². The van der Waals surface area contributed by atoms with Gasteiger partial charge in [0.2, 0.25) is 0 Å². The highest BCUT2D eigenvalue weighted by Gasteiger charge is 2.19. The van der Waals surface area contributed by atoms with E-state index in [4.69, 9.17) is 10.2 Å². The van der Waals surface area contributed by atoms with Crippen LogP contribution in [-0.2, 0) is 4.79 Å². The Labute approximate surface area is 119 Å². The van der Waals surface area contributed by atoms with Crippen molar-refractivity contribution in [1.82, 2.24) is 5.32 Å². The zero-order valence-corrected chi connectivity index (χ0v) is 11.2. The summed E-state index contributed by atoms with van der Waals surface area (Å²) < 4.78 is 0. The Morgan fingerprint density at radius 1 is 1.43 bits per heavy atom. The van der Waals surface area contributed by atoms with Gasteiger partial charge in [-0.25, -0.2) is 9.59 Å². The zero-order valence-electron chi connectivity index (χ0n) is 11.2. The number of urea groups is 1. The molecule has 21 heavy (non-hydrogen) atoms. The topological polar surface area (TPSA) is 142 Å². The molecule has 0 bridgehead atoms. The summed E-state index contributed by atoms with van der Waals surface area (Å²) in [7, 11) is 0. The maximum Gasteiger partial charge on any atom is 0.326 e. The number of carboxylic acids is 1. The van der Waals surface area contributed by atoms with E-state index >= 15 is 0 Å². The Morgan fingerprint density at radius 2 is 2.10 bits per heavy atom. The van der Waals surface area contributed by atoms with Gasteiger partial charge in [-0.1, -0.05) is 0 Å². The zero-order chi connectivity index (χ0) is 16.0. The summed E-state index contributed by atoms with van der Waals surface area (Å²) in [6.45, 7) is 1.14. The molecular weight excluding hydrogens is 282 g/mol. The van der Waals surface area contributed by atoms with Gasteiger partial charge in [-0.3, -0.25) is 10.1 Å². The van der Waals surface area contributed by atoms with E-state index < -0.39 is 23.0 Å². The van der Waals surface area contributed by atoms with Gasteiger partial charge in [-0.05, 0) is 19.1 Å². The number of hydrogen-bond donors (Lipinski definition) is 4. The van der Waals surface area contributed by atoms with Crippen LogP contribution < -0.4 is 10.6 Å². The molecule has 1 aromatic carbocycles. The van der Waals surface area contributed by atoms with Gasteiger partial charge >= 0.3 is 12.0 Å². The molecule has 0 aliphatic rings. The SMILES string of the molecule is Cc1cc(NC(=O)N[C@H](CCO)C(=O)O)ccc1[N+](=O)[O-]. The van der Waals surface area contributed by atoms with E-state index in [-0.39, 0.29) is 18.7 Å². The lowest BCUT2D eigenvalue weighted by atomic mass is 10.2. The molecule has 0 radical (unpaired) electrons. The number of nitro groups is 1. The number of aliphatic hydroxyl groups is 1. The molecule has 1 aromatic rings. The predicted octanol–water partition coefficient (Wildman–Crippen LogP) is 0.860. The Morgan fingerprint density at radius 3 is 2.57 bits per heavy atom. The second-order valence-corrected chi connectivity index (χ2v) is 4.26. The van der Waals surface area contributed by atoms with Crippen molar-refractivity contribution in [2.45, 2.75) is 19.4 Å². The summed E-state index contributed by atoms with van der Waals surface area (Å²) in [5.41, 5.74) is 0.580. The molecule has 4 N–H and O–H groups in total. The molecule has 0 saturated carbocycles. The normalized spacial score (nSPS) is 11.5. The lowest BCUT2D eigenvalue weighted by molar-refractivity contribution is -0.385. The lowest BCUT2D eigenvalue weighted by Crippen LogP contribution is -2.43. The summed E-state index contributed by atoms with van der Waals surface area (Å²) in [6, 6.07) is 2.00. The quantitative estimate of drug-likeness (QED) is 0.453. The van der Waals surface area contributed by atoms with Gasteiger partial charge in [0.05, 0.1) is 4.92 Å². The summed E-state index contributed by atoms with van der Waals surface area (Å²) in [5, 5.41) is 32.8. The molecule has 0 unspecified atom stereocenters. The molecule has 1 rings (SSSR count). The molecule has 114 valence electrons. The third-order valence-electron chi connectivity index (χ3n) is 2.67. The summed E-state index contributed by atoms with van der Waals surface area (Å²) in [4.78, 5) is 32.6. The number of carboxylic acid groups (broad SMARTS) is 1. The van der Waals surface area contributed by atoms with Crippen LogP contribution in [-0.4, -0.2) is 39.8 Å². The molecule has 0 aliphatic carbocycles. The Hall–Kier alpha value is -2.68. The molecule has 0 aromatic heterocycles. The highest BCUT2D eigenvalue weighted by molar-refractivity contribution is 5.92. The number of rotatable bonds is 6. The number of anilines is 1. The largest absolute Gasteiger partial charge is 0.480 e. The monoisotopic (exact) mass is 297 g/mol. The fourth-order valence-electron chi connectivity index (χ4n) is 1.65. The van der Waals surface area contributed by atoms with Gasteiger partial charge < -0.3 is 20.8 Å². The van der Waals surface area contributed by atoms with E-state index in [0.717, 1.165) is 0 Å². The van der Waals surface area contributed by atoms with E-state index in [2.05, 4.69) is 10.6 Å². The van der Waals surface area contributed by atoms with Crippen LogP contribution in [0.2, 0.25) is 0 Å². The van der Waals surface area contributed by atoms with Crippen molar-refractivity contribution >= 4 is 23.4 Å². The predicted molar refractivity (Wildman–Crippen MR) is 73.1 cm³/mol. The minimum Gasteiger partial charge on any atom is -0.480 e. The Balaban J connectivity index is 2.72. The molecule has 0 heterocycles. The maximum atomic E-state index is 11.6. The number of aryl methyl sites for hydroxylation is 1. The first kappa shape index (κ1) is 16.4. The van der Waals surface area contributed by atoms with Crippen molar-refractivity contribution in [3.05, 3.63) is 33.9 Å². The summed E-state index contributed by atoms with van der Waals surface area (Å²) in [5.74, 6) is -1.26. The molecule has 9 nitrogen and oxygen atoms in total. The van der Waals surface area contributed by atoms with Crippen molar-refractivity contribution in [3.8, 4) is 0 Å². The number of aliphatic hydroxyl groups excluding tert-OH is 1. The van der Waals surface area contributed by atoms with Crippen LogP contribution in [0.1, 0.15) is 12.0 Å². The number of carbonyl (C=O) groups excluding carboxylic acids is 1. The third kappa shape index (κ3) is 4.73. The fraction of sp³-hybridized carbons (Fsp3) is 0.333. The number of nitrogens with zero attached hydrogens (tertiary/aromatic N) is 1. The van der Waals surface area contributed by atoms with Gasteiger partial charge in [-0.15, -0.1) is 0 Å². The Kier molecular flexibility index (Phi) is 5.61. The van der Waals surface area contributed by atoms with E-state index in [9.17, 15) is 19.7 Å². The number of hydrogen-bond acceptors (Lipinski definition) is 5. The molecule has 2 amide bonds. The minimum atomic E-state index is -1.26. The van der Waals surface area contributed by atoms with Crippen molar-refractivity contribution in [2.24, 2.45) is 0 Å². The van der Waals surface area contributed by atoms with Gasteiger partial charge in [0.25, 0.3) is 5.69 Å². The molecule has 1 atom stereocenters. The first-order valence-electron chi connectivity index (χ1n) is 6.01. The summed E-state index contributed by atoms with van der Waals surface area (Å²) >= 11 is 0. The highest BCUT2D eigenvalue weighted by atomic mass is 16.6. The molecule has 0 fully saturated rings. The first-order valence-corrected chi connectivity index (χ1v) is 6.01. The molecule has 0 saturated heterocycles. The van der Waals surface area contributed by atoms with Gasteiger partial charge in [0.15, 0.2) is 0 Å². The van der Waals surface area contributed by atoms with Crippen LogP contribution >= 0.6 is 0 Å². The standard InChI is InChI=1S/C12H15N3O6/c1-7-6-8(2-3-10(7)15(20)21)13-12(19)14-9(4-5-16)11(17)18/h2-3,6,9,16H,4-5H2,1H3,(H,17,18)(H2,13,14,19)/t9-/m1/s1. The van der Waals surface area contributed by atoms with Crippen LogP contribution in [0.15, 0.2) is 18.2 Å². The number of amides is 2. The first-order chi connectivity index (χ1) is 9.85. The van der Waals surface area contributed by atoms with Gasteiger partial charge in [0.1, 0.15) is 6.04 Å². The van der Waals surface area contributed by atoms with E-state index in [0.29, 0.717) is 11.3 Å². The van der Waals surface area contributed by atoms with E-state index in [1.54, 1.807) is 0 Å². The second-order valence-electron chi connectivity index (χ2n) is 4.26. The van der Waals surface area contributed by atoms with Crippen molar-refractivity contribution in [2.75, 3.05) is 11.9 Å². The van der Waals surface area contributed by atoms with Crippen LogP contribution in [0.25, 0.3) is 0 Å². The number of carbonyl (C=O) groups is 2. The third-order valence-corrected chi connectivity index (χ3v) is 2.67.